The van der Waals surface area contributed by atoms with Gasteiger partial charge in [-0.05, 0) is 26.0 Å². The van der Waals surface area contributed by atoms with Gasteiger partial charge in [0.15, 0.2) is 0 Å². The summed E-state index contributed by atoms with van der Waals surface area (Å²) in [6, 6.07) is 3.90. The third-order valence-electron chi connectivity index (χ3n) is 1.50. The van der Waals surface area contributed by atoms with Crippen LogP contribution in [0.3, 0.4) is 0 Å². The summed E-state index contributed by atoms with van der Waals surface area (Å²) in [7, 11) is 0. The first kappa shape index (κ1) is 8.65. The van der Waals surface area contributed by atoms with Crippen molar-refractivity contribution in [1.82, 2.24) is 4.98 Å². The van der Waals surface area contributed by atoms with E-state index in [1.807, 2.05) is 38.3 Å². The molecule has 62 valence electrons. The van der Waals surface area contributed by atoms with Crippen LogP contribution in [-0.2, 0) is 0 Å². The third-order valence-corrected chi connectivity index (χ3v) is 1.50. The minimum absolute atomic E-state index is 0.964. The molecule has 1 heterocycles. The molecule has 0 aromatic carbocycles. The Morgan fingerprint density at radius 1 is 1.50 bits per heavy atom. The van der Waals surface area contributed by atoms with E-state index in [-0.39, 0.29) is 0 Å². The van der Waals surface area contributed by atoms with Crippen LogP contribution in [-0.4, -0.2) is 11.2 Å². The fourth-order valence-corrected chi connectivity index (χ4v) is 0.969. The quantitative estimate of drug-likeness (QED) is 0.610. The Labute approximate surface area is 72.7 Å². The highest BCUT2D eigenvalue weighted by Crippen LogP contribution is 2.12. The van der Waals surface area contributed by atoms with E-state index in [0.29, 0.717) is 0 Å². The topological polar surface area (TPSA) is 25.2 Å². The molecular formula is C10H12N2. The molecule has 0 radical (unpaired) electrons. The summed E-state index contributed by atoms with van der Waals surface area (Å²) in [5, 5.41) is 0. The predicted molar refractivity (Wildman–Crippen MR) is 52.1 cm³/mol. The van der Waals surface area contributed by atoms with Gasteiger partial charge in [-0.2, -0.15) is 0 Å². The van der Waals surface area contributed by atoms with E-state index in [9.17, 15) is 0 Å². The number of nitrogens with zero attached hydrogens (tertiary/aromatic N) is 2. The standard InChI is InChI=1S/C10H12N2/c1-3-10(12-4-2)9-6-5-7-11-8-9/h3-8H,1-2H3/b10-3-,12-4?. The molecular weight excluding hydrogens is 148 g/mol. The Morgan fingerprint density at radius 2 is 2.33 bits per heavy atom. The van der Waals surface area contributed by atoms with E-state index in [2.05, 4.69) is 9.98 Å². The van der Waals surface area contributed by atoms with Gasteiger partial charge in [-0.1, -0.05) is 6.08 Å². The molecule has 0 spiro atoms. The highest BCUT2D eigenvalue weighted by atomic mass is 14.7. The summed E-state index contributed by atoms with van der Waals surface area (Å²) in [6.45, 7) is 3.87. The molecule has 0 fully saturated rings. The van der Waals surface area contributed by atoms with Crippen molar-refractivity contribution in [3.8, 4) is 0 Å². The lowest BCUT2D eigenvalue weighted by Crippen LogP contribution is -1.81. The zero-order chi connectivity index (χ0) is 8.81. The molecule has 0 saturated carbocycles. The third kappa shape index (κ3) is 2.02. The van der Waals surface area contributed by atoms with Gasteiger partial charge in [0.2, 0.25) is 0 Å². The van der Waals surface area contributed by atoms with Crippen LogP contribution in [0.25, 0.3) is 5.70 Å². The molecule has 0 aliphatic carbocycles. The van der Waals surface area contributed by atoms with Crippen LogP contribution in [0.5, 0.6) is 0 Å². The van der Waals surface area contributed by atoms with Crippen molar-refractivity contribution in [2.45, 2.75) is 13.8 Å². The summed E-state index contributed by atoms with van der Waals surface area (Å²) in [5.74, 6) is 0. The van der Waals surface area contributed by atoms with Crippen LogP contribution in [0, 0.1) is 0 Å². The van der Waals surface area contributed by atoms with E-state index in [0.717, 1.165) is 11.3 Å². The molecule has 2 nitrogen and oxygen atoms in total. The Morgan fingerprint density at radius 3 is 2.83 bits per heavy atom. The maximum atomic E-state index is 4.21. The minimum Gasteiger partial charge on any atom is -0.264 e. The maximum Gasteiger partial charge on any atom is 0.0670 e. The molecule has 0 unspecified atom stereocenters. The Kier molecular flexibility index (Phi) is 3.20. The van der Waals surface area contributed by atoms with Crippen LogP contribution >= 0.6 is 0 Å². The van der Waals surface area contributed by atoms with Gasteiger partial charge in [-0.25, -0.2) is 0 Å². The van der Waals surface area contributed by atoms with Crippen molar-refractivity contribution in [3.05, 3.63) is 36.2 Å². The fourth-order valence-electron chi connectivity index (χ4n) is 0.969. The molecule has 0 aliphatic heterocycles. The number of pyridine rings is 1. The first-order chi connectivity index (χ1) is 5.88. The van der Waals surface area contributed by atoms with Gasteiger partial charge in [0, 0.05) is 24.2 Å². The van der Waals surface area contributed by atoms with Crippen LogP contribution in [0.15, 0.2) is 35.6 Å². The zero-order valence-electron chi connectivity index (χ0n) is 7.36. The SMILES string of the molecule is CC=N/C(=C\C)c1cccnc1. The molecule has 0 amide bonds. The van der Waals surface area contributed by atoms with Crippen molar-refractivity contribution in [2.24, 2.45) is 4.99 Å². The second-order valence-electron chi connectivity index (χ2n) is 2.30. The van der Waals surface area contributed by atoms with Crippen molar-refractivity contribution < 1.29 is 0 Å². The number of rotatable bonds is 2. The Hall–Kier alpha value is -1.44. The first-order valence-electron chi connectivity index (χ1n) is 3.94. The molecule has 0 aliphatic rings. The second kappa shape index (κ2) is 4.44. The fraction of sp³-hybridized carbons (Fsp3) is 0.200. The van der Waals surface area contributed by atoms with Crippen LogP contribution in [0.2, 0.25) is 0 Å². The van der Waals surface area contributed by atoms with Crippen molar-refractivity contribution >= 4 is 11.9 Å². The summed E-state index contributed by atoms with van der Waals surface area (Å²) in [6.07, 6.45) is 7.31. The molecule has 0 saturated heterocycles. The molecule has 2 heteroatoms. The van der Waals surface area contributed by atoms with Crippen molar-refractivity contribution in [1.29, 1.82) is 0 Å². The largest absolute Gasteiger partial charge is 0.264 e. The minimum atomic E-state index is 0.964. The van der Waals surface area contributed by atoms with Crippen molar-refractivity contribution in [2.75, 3.05) is 0 Å². The average molecular weight is 160 g/mol. The molecule has 1 aromatic rings. The highest BCUT2D eigenvalue weighted by Gasteiger charge is 1.94. The lowest BCUT2D eigenvalue weighted by atomic mass is 10.2. The molecule has 1 aromatic heterocycles. The second-order valence-corrected chi connectivity index (χ2v) is 2.30. The van der Waals surface area contributed by atoms with Gasteiger partial charge in [0.1, 0.15) is 0 Å². The monoisotopic (exact) mass is 160 g/mol. The van der Waals surface area contributed by atoms with Gasteiger partial charge in [-0.3, -0.25) is 9.98 Å². The highest BCUT2D eigenvalue weighted by molar-refractivity contribution is 5.72. The summed E-state index contributed by atoms with van der Waals surface area (Å²) < 4.78 is 0. The lowest BCUT2D eigenvalue weighted by molar-refractivity contribution is 1.30. The van der Waals surface area contributed by atoms with Gasteiger partial charge in [-0.15, -0.1) is 0 Å². The van der Waals surface area contributed by atoms with Crippen molar-refractivity contribution in [3.63, 3.8) is 0 Å². The number of hydrogen-bond acceptors (Lipinski definition) is 2. The van der Waals surface area contributed by atoms with Gasteiger partial charge in [0.05, 0.1) is 5.70 Å². The average Bonchev–Trinajstić information content (AvgIpc) is 2.15. The van der Waals surface area contributed by atoms with Crippen LogP contribution < -0.4 is 0 Å². The summed E-state index contributed by atoms with van der Waals surface area (Å²) >= 11 is 0. The van der Waals surface area contributed by atoms with E-state index >= 15 is 0 Å². The van der Waals surface area contributed by atoms with E-state index in [4.69, 9.17) is 0 Å². The molecule has 0 N–H and O–H groups in total. The van der Waals surface area contributed by atoms with E-state index in [1.165, 1.54) is 0 Å². The molecule has 1 rings (SSSR count). The van der Waals surface area contributed by atoms with Crippen LogP contribution in [0.4, 0.5) is 0 Å². The Bertz CT molecular complexity index is 286. The number of hydrogen-bond donors (Lipinski definition) is 0. The number of aromatic nitrogens is 1. The summed E-state index contributed by atoms with van der Waals surface area (Å²) in [4.78, 5) is 8.23. The van der Waals surface area contributed by atoms with Gasteiger partial charge < -0.3 is 0 Å². The van der Waals surface area contributed by atoms with Gasteiger partial charge in [0.25, 0.3) is 0 Å². The van der Waals surface area contributed by atoms with E-state index < -0.39 is 0 Å². The number of allylic oxidation sites excluding steroid dienone is 1. The molecule has 0 atom stereocenters. The number of aliphatic imine (C=N–C) groups is 1. The first-order valence-corrected chi connectivity index (χ1v) is 3.94. The van der Waals surface area contributed by atoms with Gasteiger partial charge >= 0.3 is 0 Å². The molecule has 0 bridgehead atoms. The normalized spacial score (nSPS) is 12.3. The lowest BCUT2D eigenvalue weighted by Gasteiger charge is -1.98. The van der Waals surface area contributed by atoms with Crippen LogP contribution in [0.1, 0.15) is 19.4 Å². The maximum absolute atomic E-state index is 4.21. The van der Waals surface area contributed by atoms with E-state index in [1.54, 1.807) is 12.4 Å². The zero-order valence-corrected chi connectivity index (χ0v) is 7.36. The Balaban J connectivity index is 2.97. The predicted octanol–water partition coefficient (Wildman–Crippen LogP) is 2.53. The summed E-state index contributed by atoms with van der Waals surface area (Å²) in [5.41, 5.74) is 2.02. The smallest absolute Gasteiger partial charge is 0.0670 e. The molecule has 12 heavy (non-hydrogen) atoms.